The van der Waals surface area contributed by atoms with E-state index < -0.39 is 12.0 Å². The molecular formula is C18H19NO2. The fourth-order valence-corrected chi connectivity index (χ4v) is 3.00. The number of aryl methyl sites for hydroxylation is 1. The van der Waals surface area contributed by atoms with Gasteiger partial charge in [0, 0.05) is 13.1 Å². The lowest BCUT2D eigenvalue weighted by Gasteiger charge is -2.33. The standard InChI is InChI=1S/C18H19NO2/c1-13-6-8-15(9-7-13)17(18(20)21)19-11-10-14-4-2-3-5-16(14)12-19/h2-9,17H,10-12H2,1H3,(H,20,21). The van der Waals surface area contributed by atoms with Crippen molar-refractivity contribution < 1.29 is 9.90 Å². The number of hydrogen-bond acceptors (Lipinski definition) is 2. The summed E-state index contributed by atoms with van der Waals surface area (Å²) >= 11 is 0. The molecular weight excluding hydrogens is 262 g/mol. The number of carboxylic acid groups (broad SMARTS) is 1. The van der Waals surface area contributed by atoms with E-state index in [0.717, 1.165) is 24.1 Å². The van der Waals surface area contributed by atoms with Crippen molar-refractivity contribution in [2.24, 2.45) is 0 Å². The van der Waals surface area contributed by atoms with Crippen LogP contribution in [0.4, 0.5) is 0 Å². The predicted octanol–water partition coefficient (Wildman–Crippen LogP) is 3.18. The first-order chi connectivity index (χ1) is 10.1. The van der Waals surface area contributed by atoms with Gasteiger partial charge in [0.2, 0.25) is 0 Å². The Morgan fingerprint density at radius 2 is 1.76 bits per heavy atom. The van der Waals surface area contributed by atoms with Gasteiger partial charge in [-0.15, -0.1) is 0 Å². The molecule has 2 aromatic carbocycles. The molecule has 3 heteroatoms. The van der Waals surface area contributed by atoms with Gasteiger partial charge in [-0.2, -0.15) is 0 Å². The monoisotopic (exact) mass is 281 g/mol. The van der Waals surface area contributed by atoms with E-state index in [4.69, 9.17) is 0 Å². The summed E-state index contributed by atoms with van der Waals surface area (Å²) in [7, 11) is 0. The number of aliphatic carboxylic acids is 1. The first kappa shape index (κ1) is 13.8. The van der Waals surface area contributed by atoms with E-state index in [1.807, 2.05) is 43.3 Å². The number of hydrogen-bond donors (Lipinski definition) is 1. The van der Waals surface area contributed by atoms with Crippen LogP contribution < -0.4 is 0 Å². The normalized spacial score (nSPS) is 16.2. The van der Waals surface area contributed by atoms with Gasteiger partial charge < -0.3 is 5.11 Å². The minimum absolute atomic E-state index is 0.570. The molecule has 108 valence electrons. The van der Waals surface area contributed by atoms with Gasteiger partial charge in [0.1, 0.15) is 6.04 Å². The summed E-state index contributed by atoms with van der Waals surface area (Å²) in [5.41, 5.74) is 4.57. The van der Waals surface area contributed by atoms with Crippen LogP contribution in [0.15, 0.2) is 48.5 Å². The lowest BCUT2D eigenvalue weighted by Crippen LogP contribution is -2.38. The second-order valence-corrected chi connectivity index (χ2v) is 5.64. The Morgan fingerprint density at radius 3 is 2.43 bits per heavy atom. The van der Waals surface area contributed by atoms with E-state index in [2.05, 4.69) is 17.0 Å². The average molecular weight is 281 g/mol. The van der Waals surface area contributed by atoms with Crippen LogP contribution in [0.2, 0.25) is 0 Å². The Hall–Kier alpha value is -2.13. The minimum atomic E-state index is -0.779. The van der Waals surface area contributed by atoms with Crippen molar-refractivity contribution in [2.45, 2.75) is 25.9 Å². The van der Waals surface area contributed by atoms with Gasteiger partial charge in [0.05, 0.1) is 0 Å². The second-order valence-electron chi connectivity index (χ2n) is 5.64. The Bertz CT molecular complexity index is 649. The number of benzene rings is 2. The molecule has 0 aliphatic carbocycles. The summed E-state index contributed by atoms with van der Waals surface area (Å²) in [6, 6.07) is 15.5. The van der Waals surface area contributed by atoms with Gasteiger partial charge in [-0.25, -0.2) is 0 Å². The zero-order valence-electron chi connectivity index (χ0n) is 12.1. The van der Waals surface area contributed by atoms with Crippen LogP contribution in [0.25, 0.3) is 0 Å². The third-order valence-electron chi connectivity index (χ3n) is 4.15. The van der Waals surface area contributed by atoms with Gasteiger partial charge in [-0.05, 0) is 30.0 Å². The molecule has 0 spiro atoms. The van der Waals surface area contributed by atoms with E-state index >= 15 is 0 Å². The van der Waals surface area contributed by atoms with Crippen molar-refractivity contribution in [3.63, 3.8) is 0 Å². The predicted molar refractivity (Wildman–Crippen MR) is 82.1 cm³/mol. The molecule has 0 amide bonds. The number of fused-ring (bicyclic) bond motifs is 1. The van der Waals surface area contributed by atoms with Crippen LogP contribution in [-0.4, -0.2) is 22.5 Å². The van der Waals surface area contributed by atoms with Crippen LogP contribution in [0, 0.1) is 6.92 Å². The first-order valence-electron chi connectivity index (χ1n) is 7.25. The van der Waals surface area contributed by atoms with Gasteiger partial charge in [0.25, 0.3) is 0 Å². The van der Waals surface area contributed by atoms with Gasteiger partial charge in [-0.1, -0.05) is 54.1 Å². The Kier molecular flexibility index (Phi) is 3.76. The van der Waals surface area contributed by atoms with Crippen LogP contribution >= 0.6 is 0 Å². The molecule has 0 saturated heterocycles. The van der Waals surface area contributed by atoms with Crippen LogP contribution in [-0.2, 0) is 17.8 Å². The Labute approximate surface area is 124 Å². The van der Waals surface area contributed by atoms with E-state index in [9.17, 15) is 9.90 Å². The van der Waals surface area contributed by atoms with Crippen molar-refractivity contribution in [3.8, 4) is 0 Å². The molecule has 0 saturated carbocycles. The highest BCUT2D eigenvalue weighted by molar-refractivity contribution is 5.75. The van der Waals surface area contributed by atoms with Crippen LogP contribution in [0.5, 0.6) is 0 Å². The Balaban J connectivity index is 1.89. The molecule has 1 atom stereocenters. The molecule has 2 aromatic rings. The minimum Gasteiger partial charge on any atom is -0.480 e. The number of carboxylic acids is 1. The lowest BCUT2D eigenvalue weighted by atomic mass is 9.96. The van der Waals surface area contributed by atoms with Crippen molar-refractivity contribution >= 4 is 5.97 Å². The van der Waals surface area contributed by atoms with Crippen molar-refractivity contribution in [2.75, 3.05) is 6.54 Å². The molecule has 1 heterocycles. The summed E-state index contributed by atoms with van der Waals surface area (Å²) in [5, 5.41) is 9.65. The highest BCUT2D eigenvalue weighted by Crippen LogP contribution is 2.28. The summed E-state index contributed by atoms with van der Waals surface area (Å²) in [6.45, 7) is 3.49. The van der Waals surface area contributed by atoms with Crippen molar-refractivity contribution in [1.29, 1.82) is 0 Å². The topological polar surface area (TPSA) is 40.5 Å². The highest BCUT2D eigenvalue weighted by atomic mass is 16.4. The molecule has 1 aliphatic rings. The molecule has 0 aromatic heterocycles. The van der Waals surface area contributed by atoms with E-state index in [0.29, 0.717) is 6.54 Å². The number of nitrogens with zero attached hydrogens (tertiary/aromatic N) is 1. The largest absolute Gasteiger partial charge is 0.480 e. The van der Waals surface area contributed by atoms with Gasteiger partial charge >= 0.3 is 5.97 Å². The quantitative estimate of drug-likeness (QED) is 0.939. The molecule has 1 aliphatic heterocycles. The summed E-state index contributed by atoms with van der Waals surface area (Å²) in [5.74, 6) is -0.779. The van der Waals surface area contributed by atoms with Crippen molar-refractivity contribution in [3.05, 3.63) is 70.8 Å². The molecule has 0 radical (unpaired) electrons. The fourth-order valence-electron chi connectivity index (χ4n) is 3.00. The maximum absolute atomic E-state index is 11.8. The molecule has 21 heavy (non-hydrogen) atoms. The Morgan fingerprint density at radius 1 is 1.10 bits per heavy atom. The van der Waals surface area contributed by atoms with Crippen molar-refractivity contribution in [1.82, 2.24) is 4.90 Å². The zero-order valence-corrected chi connectivity index (χ0v) is 12.1. The SMILES string of the molecule is Cc1ccc(C(C(=O)O)N2CCc3ccccc3C2)cc1. The van der Waals surface area contributed by atoms with E-state index in [-0.39, 0.29) is 0 Å². The van der Waals surface area contributed by atoms with E-state index in [1.54, 1.807) is 0 Å². The molecule has 3 rings (SSSR count). The molecule has 1 N–H and O–H groups in total. The number of carbonyl (C=O) groups is 1. The van der Waals surface area contributed by atoms with Gasteiger partial charge in [-0.3, -0.25) is 9.69 Å². The number of rotatable bonds is 3. The van der Waals surface area contributed by atoms with Crippen LogP contribution in [0.1, 0.15) is 28.3 Å². The summed E-state index contributed by atoms with van der Waals surface area (Å²) < 4.78 is 0. The second kappa shape index (κ2) is 5.70. The average Bonchev–Trinajstić information content (AvgIpc) is 2.49. The maximum Gasteiger partial charge on any atom is 0.325 e. The summed E-state index contributed by atoms with van der Waals surface area (Å²) in [4.78, 5) is 13.8. The first-order valence-corrected chi connectivity index (χ1v) is 7.25. The molecule has 3 nitrogen and oxygen atoms in total. The third kappa shape index (κ3) is 2.83. The lowest BCUT2D eigenvalue weighted by molar-refractivity contribution is -0.144. The summed E-state index contributed by atoms with van der Waals surface area (Å²) in [6.07, 6.45) is 0.909. The van der Waals surface area contributed by atoms with Gasteiger partial charge in [0.15, 0.2) is 0 Å². The molecule has 1 unspecified atom stereocenters. The zero-order chi connectivity index (χ0) is 14.8. The van der Waals surface area contributed by atoms with E-state index in [1.165, 1.54) is 11.1 Å². The highest BCUT2D eigenvalue weighted by Gasteiger charge is 2.29. The molecule has 0 fully saturated rings. The maximum atomic E-state index is 11.8. The van der Waals surface area contributed by atoms with Crippen LogP contribution in [0.3, 0.4) is 0 Å². The molecule has 0 bridgehead atoms. The smallest absolute Gasteiger partial charge is 0.325 e. The fraction of sp³-hybridized carbons (Fsp3) is 0.278. The third-order valence-corrected chi connectivity index (χ3v) is 4.15.